The number of rotatable bonds is 5. The summed E-state index contributed by atoms with van der Waals surface area (Å²) in [6.45, 7) is 2.84. The van der Waals surface area contributed by atoms with Crippen LogP contribution in [0.1, 0.15) is 24.2 Å². The predicted molar refractivity (Wildman–Crippen MR) is 80.2 cm³/mol. The fraction of sp³-hybridized carbons (Fsp3) is 0.267. The molecule has 0 aliphatic rings. The molecule has 2 rings (SSSR count). The molecule has 0 fully saturated rings. The third-order valence-corrected chi connectivity index (χ3v) is 3.41. The number of para-hydroxylation sites is 1. The van der Waals surface area contributed by atoms with E-state index in [1.807, 2.05) is 36.4 Å². The summed E-state index contributed by atoms with van der Waals surface area (Å²) in [6.07, 6.45) is 0. The molecular weight excluding hydrogens is 304 g/mol. The zero-order valence-corrected chi connectivity index (χ0v) is 12.6. The Morgan fingerprint density at radius 1 is 1.21 bits per heavy atom. The molecule has 0 amide bonds. The Kier molecular flexibility index (Phi) is 4.93. The molecule has 4 heteroatoms. The van der Waals surface area contributed by atoms with Crippen molar-refractivity contribution in [2.75, 3.05) is 7.11 Å². The molecule has 2 aromatic rings. The summed E-state index contributed by atoms with van der Waals surface area (Å²) in [5.41, 5.74) is 2.16. The number of pyridine rings is 1. The van der Waals surface area contributed by atoms with Crippen molar-refractivity contribution in [3.05, 3.63) is 58.3 Å². The molecule has 100 valence electrons. The van der Waals surface area contributed by atoms with Gasteiger partial charge in [0.25, 0.3) is 0 Å². The van der Waals surface area contributed by atoms with Gasteiger partial charge in [-0.15, -0.1) is 0 Å². The zero-order chi connectivity index (χ0) is 13.7. The molecule has 1 heterocycles. The van der Waals surface area contributed by atoms with E-state index in [2.05, 4.69) is 39.2 Å². The summed E-state index contributed by atoms with van der Waals surface area (Å²) in [5.74, 6) is 0.907. The van der Waals surface area contributed by atoms with Crippen molar-refractivity contribution in [1.82, 2.24) is 10.3 Å². The SMILES string of the molecule is COc1ccccc1[C@H](C)NCc1cccc(Br)n1. The molecule has 3 nitrogen and oxygen atoms in total. The number of aromatic nitrogens is 1. The molecule has 1 aromatic heterocycles. The second-order valence-corrected chi connectivity index (χ2v) is 5.11. The van der Waals surface area contributed by atoms with Crippen molar-refractivity contribution in [3.8, 4) is 5.75 Å². The standard InChI is InChI=1S/C15H17BrN2O/c1-11(13-7-3-4-8-14(13)19-2)17-10-12-6-5-9-15(16)18-12/h3-9,11,17H,10H2,1-2H3/t11-/m0/s1. The maximum atomic E-state index is 5.37. The minimum absolute atomic E-state index is 0.205. The summed E-state index contributed by atoms with van der Waals surface area (Å²) < 4.78 is 6.23. The fourth-order valence-corrected chi connectivity index (χ4v) is 2.32. The minimum Gasteiger partial charge on any atom is -0.496 e. The van der Waals surface area contributed by atoms with E-state index in [0.29, 0.717) is 0 Å². The Bertz CT molecular complexity index is 545. The summed E-state index contributed by atoms with van der Waals surface area (Å²) in [5, 5.41) is 3.45. The molecule has 0 saturated heterocycles. The van der Waals surface area contributed by atoms with Gasteiger partial charge in [0.2, 0.25) is 0 Å². The Balaban J connectivity index is 2.03. The zero-order valence-electron chi connectivity index (χ0n) is 11.1. The summed E-state index contributed by atoms with van der Waals surface area (Å²) in [6, 6.07) is 14.2. The molecule has 0 bridgehead atoms. The molecule has 0 unspecified atom stereocenters. The van der Waals surface area contributed by atoms with Gasteiger partial charge in [0, 0.05) is 18.2 Å². The van der Waals surface area contributed by atoms with Crippen molar-refractivity contribution in [3.63, 3.8) is 0 Å². The van der Waals surface area contributed by atoms with E-state index in [1.54, 1.807) is 7.11 Å². The van der Waals surface area contributed by atoms with E-state index in [1.165, 1.54) is 0 Å². The van der Waals surface area contributed by atoms with Crippen LogP contribution in [0.2, 0.25) is 0 Å². The Morgan fingerprint density at radius 2 is 2.00 bits per heavy atom. The first-order chi connectivity index (χ1) is 9.20. The van der Waals surface area contributed by atoms with Gasteiger partial charge in [-0.05, 0) is 41.1 Å². The average molecular weight is 321 g/mol. The topological polar surface area (TPSA) is 34.1 Å². The number of ether oxygens (including phenoxy) is 1. The van der Waals surface area contributed by atoms with Crippen LogP contribution in [-0.4, -0.2) is 12.1 Å². The molecule has 0 saturated carbocycles. The highest BCUT2D eigenvalue weighted by atomic mass is 79.9. The van der Waals surface area contributed by atoms with Crippen LogP contribution in [0.15, 0.2) is 47.1 Å². The maximum Gasteiger partial charge on any atom is 0.123 e. The van der Waals surface area contributed by atoms with Crippen LogP contribution in [0, 0.1) is 0 Å². The quantitative estimate of drug-likeness (QED) is 0.853. The third-order valence-electron chi connectivity index (χ3n) is 2.97. The molecule has 1 aromatic carbocycles. The highest BCUT2D eigenvalue weighted by Crippen LogP contribution is 2.24. The molecule has 0 aliphatic carbocycles. The normalized spacial score (nSPS) is 12.2. The number of benzene rings is 1. The molecule has 0 aliphatic heterocycles. The van der Waals surface area contributed by atoms with Gasteiger partial charge in [-0.1, -0.05) is 24.3 Å². The van der Waals surface area contributed by atoms with Crippen LogP contribution in [0.3, 0.4) is 0 Å². The Labute approximate surface area is 122 Å². The van der Waals surface area contributed by atoms with Crippen LogP contribution < -0.4 is 10.1 Å². The van der Waals surface area contributed by atoms with Crippen molar-refractivity contribution in [2.24, 2.45) is 0 Å². The number of hydrogen-bond acceptors (Lipinski definition) is 3. The van der Waals surface area contributed by atoms with Crippen LogP contribution in [0.4, 0.5) is 0 Å². The van der Waals surface area contributed by atoms with Gasteiger partial charge in [-0.25, -0.2) is 4.98 Å². The van der Waals surface area contributed by atoms with Gasteiger partial charge in [0.1, 0.15) is 10.4 Å². The fourth-order valence-electron chi connectivity index (χ4n) is 1.94. The predicted octanol–water partition coefficient (Wildman–Crippen LogP) is 3.70. The molecule has 1 N–H and O–H groups in total. The van der Waals surface area contributed by atoms with E-state index < -0.39 is 0 Å². The summed E-state index contributed by atoms with van der Waals surface area (Å²) in [4.78, 5) is 4.40. The number of halogens is 1. The summed E-state index contributed by atoms with van der Waals surface area (Å²) >= 11 is 3.38. The molecule has 19 heavy (non-hydrogen) atoms. The van der Waals surface area contributed by atoms with E-state index in [9.17, 15) is 0 Å². The smallest absolute Gasteiger partial charge is 0.123 e. The largest absolute Gasteiger partial charge is 0.496 e. The van der Waals surface area contributed by atoms with Gasteiger partial charge in [-0.2, -0.15) is 0 Å². The van der Waals surface area contributed by atoms with Gasteiger partial charge in [0.05, 0.1) is 12.8 Å². The van der Waals surface area contributed by atoms with Gasteiger partial charge in [0.15, 0.2) is 0 Å². The van der Waals surface area contributed by atoms with Crippen LogP contribution in [0.25, 0.3) is 0 Å². The molecule has 1 atom stereocenters. The first kappa shape index (κ1) is 14.0. The number of hydrogen-bond donors (Lipinski definition) is 1. The molecule has 0 spiro atoms. The number of nitrogens with zero attached hydrogens (tertiary/aromatic N) is 1. The summed E-state index contributed by atoms with van der Waals surface area (Å²) in [7, 11) is 1.70. The Morgan fingerprint density at radius 3 is 2.74 bits per heavy atom. The second-order valence-electron chi connectivity index (χ2n) is 4.30. The van der Waals surface area contributed by atoms with Gasteiger partial charge >= 0.3 is 0 Å². The van der Waals surface area contributed by atoms with Crippen LogP contribution in [0.5, 0.6) is 5.75 Å². The van der Waals surface area contributed by atoms with E-state index >= 15 is 0 Å². The molecule has 0 radical (unpaired) electrons. The first-order valence-electron chi connectivity index (χ1n) is 6.18. The van der Waals surface area contributed by atoms with E-state index in [-0.39, 0.29) is 6.04 Å². The van der Waals surface area contributed by atoms with Crippen molar-refractivity contribution < 1.29 is 4.74 Å². The second kappa shape index (κ2) is 6.68. The lowest BCUT2D eigenvalue weighted by Gasteiger charge is -2.17. The van der Waals surface area contributed by atoms with Crippen LogP contribution in [-0.2, 0) is 6.54 Å². The van der Waals surface area contributed by atoms with Gasteiger partial charge in [-0.3, -0.25) is 0 Å². The lowest BCUT2D eigenvalue weighted by molar-refractivity contribution is 0.401. The lowest BCUT2D eigenvalue weighted by atomic mass is 10.1. The highest BCUT2D eigenvalue weighted by Gasteiger charge is 2.10. The van der Waals surface area contributed by atoms with E-state index in [4.69, 9.17) is 4.74 Å². The first-order valence-corrected chi connectivity index (χ1v) is 6.97. The maximum absolute atomic E-state index is 5.37. The third kappa shape index (κ3) is 3.78. The van der Waals surface area contributed by atoms with Crippen molar-refractivity contribution in [2.45, 2.75) is 19.5 Å². The van der Waals surface area contributed by atoms with Crippen molar-refractivity contribution in [1.29, 1.82) is 0 Å². The number of nitrogens with one attached hydrogen (secondary N) is 1. The van der Waals surface area contributed by atoms with Crippen LogP contribution >= 0.6 is 15.9 Å². The Hall–Kier alpha value is -1.39. The lowest BCUT2D eigenvalue weighted by Crippen LogP contribution is -2.19. The minimum atomic E-state index is 0.205. The number of methoxy groups -OCH3 is 1. The van der Waals surface area contributed by atoms with Gasteiger partial charge < -0.3 is 10.1 Å². The highest BCUT2D eigenvalue weighted by molar-refractivity contribution is 9.10. The van der Waals surface area contributed by atoms with E-state index in [0.717, 1.165) is 28.2 Å². The monoisotopic (exact) mass is 320 g/mol. The average Bonchev–Trinajstić information content (AvgIpc) is 2.45. The molecular formula is C15H17BrN2O. The van der Waals surface area contributed by atoms with Crippen molar-refractivity contribution >= 4 is 15.9 Å².